The molecule has 0 atom stereocenters. The van der Waals surface area contributed by atoms with Gasteiger partial charge in [-0.3, -0.25) is 0 Å². The summed E-state index contributed by atoms with van der Waals surface area (Å²) in [5, 5.41) is 4.69. The second-order valence-corrected chi connectivity index (χ2v) is 12.5. The van der Waals surface area contributed by atoms with E-state index in [0.717, 1.165) is 44.3 Å². The lowest BCUT2D eigenvalue weighted by atomic mass is 9.89. The molecule has 0 N–H and O–H groups in total. The fourth-order valence-corrected chi connectivity index (χ4v) is 6.79. The second kappa shape index (κ2) is 12.7. The van der Waals surface area contributed by atoms with Gasteiger partial charge in [0.25, 0.3) is 0 Å². The summed E-state index contributed by atoms with van der Waals surface area (Å²) < 4.78 is 0. The molecule has 0 aliphatic carbocycles. The summed E-state index contributed by atoms with van der Waals surface area (Å²) in [7, 11) is 0. The Hall–Kier alpha value is -6.71. The number of hydrogen-bond donors (Lipinski definition) is 0. The smallest absolute Gasteiger partial charge is 0.164 e. The lowest BCUT2D eigenvalue weighted by molar-refractivity contribution is 1.07. The summed E-state index contributed by atoms with van der Waals surface area (Å²) in [4.78, 5) is 15.5. The number of fused-ring (bicyclic) bond motifs is 2. The van der Waals surface area contributed by atoms with E-state index >= 15 is 0 Å². The van der Waals surface area contributed by atoms with Crippen LogP contribution in [-0.4, -0.2) is 15.0 Å². The van der Waals surface area contributed by atoms with Gasteiger partial charge in [-0.25, -0.2) is 15.0 Å². The molecule has 3 nitrogen and oxygen atoms in total. The van der Waals surface area contributed by atoms with E-state index in [9.17, 15) is 0 Å². The van der Waals surface area contributed by atoms with E-state index in [1.165, 1.54) is 27.3 Å². The molecule has 0 unspecified atom stereocenters. The van der Waals surface area contributed by atoms with Gasteiger partial charge in [0, 0.05) is 22.3 Å². The van der Waals surface area contributed by atoms with Crippen molar-refractivity contribution in [1.29, 1.82) is 0 Å². The van der Waals surface area contributed by atoms with E-state index in [4.69, 9.17) is 15.0 Å². The first kappa shape index (κ1) is 29.4. The zero-order valence-corrected chi connectivity index (χ0v) is 27.2. The van der Waals surface area contributed by atoms with Gasteiger partial charge < -0.3 is 0 Å². The van der Waals surface area contributed by atoms with Crippen molar-refractivity contribution in [3.05, 3.63) is 188 Å². The van der Waals surface area contributed by atoms with Gasteiger partial charge in [0.1, 0.15) is 0 Å². The summed E-state index contributed by atoms with van der Waals surface area (Å²) in [6.07, 6.45) is 0. The average molecular weight is 638 g/mol. The monoisotopic (exact) mass is 637 g/mol. The minimum atomic E-state index is 0.634. The highest BCUT2D eigenvalue weighted by atomic mass is 15.0. The van der Waals surface area contributed by atoms with E-state index in [0.29, 0.717) is 17.5 Å². The summed E-state index contributed by atoms with van der Waals surface area (Å²) in [5.41, 5.74) is 9.70. The Morgan fingerprint density at radius 2 is 0.700 bits per heavy atom. The average Bonchev–Trinajstić information content (AvgIpc) is 3.21. The maximum Gasteiger partial charge on any atom is 0.164 e. The van der Waals surface area contributed by atoms with E-state index in [2.05, 4.69) is 164 Å². The van der Waals surface area contributed by atoms with Crippen molar-refractivity contribution in [3.63, 3.8) is 0 Å². The maximum absolute atomic E-state index is 5.23. The topological polar surface area (TPSA) is 38.7 Å². The van der Waals surface area contributed by atoms with Crippen LogP contribution in [0.3, 0.4) is 0 Å². The molecule has 0 saturated carbocycles. The first-order valence-electron chi connectivity index (χ1n) is 16.9. The Kier molecular flexibility index (Phi) is 7.49. The van der Waals surface area contributed by atoms with Gasteiger partial charge in [0.2, 0.25) is 0 Å². The molecule has 0 bridgehead atoms. The number of nitrogens with zero attached hydrogens (tertiary/aromatic N) is 3. The molecule has 0 aliphatic rings. The third-order valence-corrected chi connectivity index (χ3v) is 9.30. The molecule has 1 aromatic heterocycles. The van der Waals surface area contributed by atoms with Gasteiger partial charge in [0.15, 0.2) is 17.5 Å². The number of benzene rings is 8. The van der Waals surface area contributed by atoms with E-state index < -0.39 is 0 Å². The molecule has 0 saturated heterocycles. The fourth-order valence-electron chi connectivity index (χ4n) is 6.79. The molecule has 9 aromatic rings. The molecule has 8 aromatic carbocycles. The van der Waals surface area contributed by atoms with Gasteiger partial charge in [0.05, 0.1) is 0 Å². The standard InChI is InChI=1S/C47H31N3/c1-4-13-32(14-5-1)37-24-25-39-31-41(28-26-38(39)29-37)46-48-45(35-18-8-3-9-19-35)49-47(50-46)43-22-12-21-42(34-16-6-2-7-17-34)44(43)40-27-23-33-15-10-11-20-36(33)30-40/h1-31H. The third kappa shape index (κ3) is 5.61. The van der Waals surface area contributed by atoms with Crippen molar-refractivity contribution in [2.45, 2.75) is 0 Å². The molecule has 50 heavy (non-hydrogen) atoms. The molecule has 0 spiro atoms. The van der Waals surface area contributed by atoms with Crippen molar-refractivity contribution in [2.75, 3.05) is 0 Å². The van der Waals surface area contributed by atoms with Crippen LogP contribution in [0.5, 0.6) is 0 Å². The SMILES string of the molecule is c1ccc(-c2ccc3cc(-c4nc(-c5ccccc5)nc(-c5cccc(-c6ccccc6)c5-c5ccc6ccccc6c5)n4)ccc3c2)cc1. The zero-order chi connectivity index (χ0) is 33.3. The lowest BCUT2D eigenvalue weighted by Crippen LogP contribution is -2.02. The maximum atomic E-state index is 5.23. The molecule has 0 aliphatic heterocycles. The van der Waals surface area contributed by atoms with Crippen molar-refractivity contribution in [1.82, 2.24) is 15.0 Å². The largest absolute Gasteiger partial charge is 0.208 e. The Balaban J connectivity index is 1.25. The fraction of sp³-hybridized carbons (Fsp3) is 0. The first-order chi connectivity index (χ1) is 24.8. The molecular formula is C47H31N3. The van der Waals surface area contributed by atoms with Crippen LogP contribution < -0.4 is 0 Å². The normalized spacial score (nSPS) is 11.2. The van der Waals surface area contributed by atoms with Gasteiger partial charge in [-0.15, -0.1) is 0 Å². The highest BCUT2D eigenvalue weighted by Gasteiger charge is 2.19. The summed E-state index contributed by atoms with van der Waals surface area (Å²) in [6.45, 7) is 0. The van der Waals surface area contributed by atoms with Crippen molar-refractivity contribution < 1.29 is 0 Å². The third-order valence-electron chi connectivity index (χ3n) is 9.30. The molecular weight excluding hydrogens is 607 g/mol. The Morgan fingerprint density at radius 1 is 0.240 bits per heavy atom. The zero-order valence-electron chi connectivity index (χ0n) is 27.2. The Bertz CT molecular complexity index is 2630. The van der Waals surface area contributed by atoms with Crippen LogP contribution in [0.4, 0.5) is 0 Å². The minimum Gasteiger partial charge on any atom is -0.208 e. The van der Waals surface area contributed by atoms with Gasteiger partial charge in [-0.2, -0.15) is 0 Å². The van der Waals surface area contributed by atoms with Gasteiger partial charge in [-0.1, -0.05) is 170 Å². The number of aromatic nitrogens is 3. The molecule has 0 fully saturated rings. The summed E-state index contributed by atoms with van der Waals surface area (Å²) in [5.74, 6) is 1.91. The first-order valence-corrected chi connectivity index (χ1v) is 16.9. The molecule has 1 heterocycles. The van der Waals surface area contributed by atoms with Crippen LogP contribution in [0.25, 0.3) is 89.1 Å². The van der Waals surface area contributed by atoms with Crippen LogP contribution in [0.1, 0.15) is 0 Å². The number of hydrogen-bond acceptors (Lipinski definition) is 3. The highest BCUT2D eigenvalue weighted by molar-refractivity contribution is 5.97. The quantitative estimate of drug-likeness (QED) is 0.182. The van der Waals surface area contributed by atoms with E-state index in [1.54, 1.807) is 0 Å². The van der Waals surface area contributed by atoms with Crippen LogP contribution >= 0.6 is 0 Å². The lowest BCUT2D eigenvalue weighted by Gasteiger charge is -2.17. The van der Waals surface area contributed by atoms with Crippen LogP contribution in [0.15, 0.2) is 188 Å². The van der Waals surface area contributed by atoms with Crippen LogP contribution in [-0.2, 0) is 0 Å². The van der Waals surface area contributed by atoms with Crippen molar-refractivity contribution in [3.8, 4) is 67.5 Å². The summed E-state index contributed by atoms with van der Waals surface area (Å²) in [6, 6.07) is 65.9. The highest BCUT2D eigenvalue weighted by Crippen LogP contribution is 2.41. The minimum absolute atomic E-state index is 0.634. The van der Waals surface area contributed by atoms with Crippen LogP contribution in [0.2, 0.25) is 0 Å². The van der Waals surface area contributed by atoms with Crippen molar-refractivity contribution >= 4 is 21.5 Å². The molecule has 234 valence electrons. The van der Waals surface area contributed by atoms with Crippen LogP contribution in [0, 0.1) is 0 Å². The predicted octanol–water partition coefficient (Wildman–Crippen LogP) is 12.2. The Morgan fingerprint density at radius 3 is 1.42 bits per heavy atom. The molecule has 0 amide bonds. The number of rotatable bonds is 6. The molecule has 9 rings (SSSR count). The predicted molar refractivity (Wildman–Crippen MR) is 207 cm³/mol. The second-order valence-electron chi connectivity index (χ2n) is 12.5. The van der Waals surface area contributed by atoms with Crippen molar-refractivity contribution in [2.24, 2.45) is 0 Å². The molecule has 3 heteroatoms. The van der Waals surface area contributed by atoms with E-state index in [-0.39, 0.29) is 0 Å². The van der Waals surface area contributed by atoms with Gasteiger partial charge in [-0.05, 0) is 67.6 Å². The molecule has 0 radical (unpaired) electrons. The Labute approximate surface area is 291 Å². The summed E-state index contributed by atoms with van der Waals surface area (Å²) >= 11 is 0. The van der Waals surface area contributed by atoms with E-state index in [1.807, 2.05) is 24.3 Å². The van der Waals surface area contributed by atoms with Gasteiger partial charge >= 0.3 is 0 Å².